The Bertz CT molecular complexity index is 715. The summed E-state index contributed by atoms with van der Waals surface area (Å²) in [5, 5.41) is 9.45. The van der Waals surface area contributed by atoms with Crippen LogP contribution in [0.2, 0.25) is 5.02 Å². The Kier molecular flexibility index (Phi) is 3.12. The zero-order chi connectivity index (χ0) is 14.4. The van der Waals surface area contributed by atoms with Gasteiger partial charge in [0.1, 0.15) is 0 Å². The van der Waals surface area contributed by atoms with E-state index in [0.717, 1.165) is 23.7 Å². The molecule has 2 aromatic carbocycles. The lowest BCUT2D eigenvalue weighted by molar-refractivity contribution is 0.0925. The smallest absolute Gasteiger partial charge is 0.251 e. The van der Waals surface area contributed by atoms with Gasteiger partial charge >= 0.3 is 0 Å². The molecule has 4 heteroatoms. The number of nitrogens with one attached hydrogen (secondary N) is 2. The van der Waals surface area contributed by atoms with E-state index in [-0.39, 0.29) is 5.91 Å². The molecule has 2 fully saturated rings. The number of hydrogen-bond acceptors (Lipinski definition) is 2. The Hall–Kier alpha value is -1.58. The van der Waals surface area contributed by atoms with Gasteiger partial charge in [-0.25, -0.2) is 0 Å². The van der Waals surface area contributed by atoms with Crippen molar-refractivity contribution in [3.8, 4) is 0 Å². The van der Waals surface area contributed by atoms with E-state index in [4.69, 9.17) is 11.6 Å². The molecule has 1 aliphatic heterocycles. The van der Waals surface area contributed by atoms with Gasteiger partial charge in [-0.05, 0) is 53.8 Å². The topological polar surface area (TPSA) is 41.1 Å². The Morgan fingerprint density at radius 1 is 1.14 bits per heavy atom. The van der Waals surface area contributed by atoms with E-state index < -0.39 is 0 Å². The summed E-state index contributed by atoms with van der Waals surface area (Å²) >= 11 is 6.02. The summed E-state index contributed by atoms with van der Waals surface area (Å²) in [5.74, 6) is 0.614. The monoisotopic (exact) mass is 300 g/mol. The van der Waals surface area contributed by atoms with Gasteiger partial charge in [-0.15, -0.1) is 0 Å². The average molecular weight is 301 g/mol. The maximum absolute atomic E-state index is 12.4. The Morgan fingerprint density at radius 2 is 2.00 bits per heavy atom. The molecule has 3 nitrogen and oxygen atoms in total. The van der Waals surface area contributed by atoms with Crippen LogP contribution < -0.4 is 10.6 Å². The van der Waals surface area contributed by atoms with Crippen molar-refractivity contribution >= 4 is 28.3 Å². The zero-order valence-electron chi connectivity index (χ0n) is 11.6. The molecule has 1 amide bonds. The highest BCUT2D eigenvalue weighted by atomic mass is 35.5. The minimum atomic E-state index is 0.0226. The lowest BCUT2D eigenvalue weighted by atomic mass is 10.0. The number of amides is 1. The number of piperidine rings is 1. The fraction of sp³-hybridized carbons (Fsp3) is 0.353. The zero-order valence-corrected chi connectivity index (χ0v) is 12.4. The Morgan fingerprint density at radius 3 is 2.76 bits per heavy atom. The first-order chi connectivity index (χ1) is 10.2. The molecule has 21 heavy (non-hydrogen) atoms. The average Bonchev–Trinajstić information content (AvgIpc) is 3.09. The highest BCUT2D eigenvalue weighted by Gasteiger charge is 2.40. The summed E-state index contributed by atoms with van der Waals surface area (Å²) in [7, 11) is 0. The molecule has 0 radical (unpaired) electrons. The third-order valence-electron chi connectivity index (χ3n) is 4.74. The SMILES string of the molecule is O=C(NC1CC2CC1CN2)c1ccc2ccc(Cl)cc2c1. The van der Waals surface area contributed by atoms with Crippen LogP contribution in [0.4, 0.5) is 0 Å². The molecular weight excluding hydrogens is 284 g/mol. The summed E-state index contributed by atoms with van der Waals surface area (Å²) in [5.41, 5.74) is 0.709. The van der Waals surface area contributed by atoms with Crippen LogP contribution in [-0.2, 0) is 0 Å². The van der Waals surface area contributed by atoms with E-state index >= 15 is 0 Å². The van der Waals surface area contributed by atoms with Gasteiger partial charge in [-0.1, -0.05) is 23.7 Å². The fourth-order valence-corrected chi connectivity index (χ4v) is 3.80. The van der Waals surface area contributed by atoms with Gasteiger partial charge in [0, 0.05) is 29.2 Å². The van der Waals surface area contributed by atoms with Crippen LogP contribution in [0, 0.1) is 5.92 Å². The normalized spacial score (nSPS) is 27.2. The first-order valence-corrected chi connectivity index (χ1v) is 7.80. The molecule has 2 aromatic rings. The van der Waals surface area contributed by atoms with Gasteiger partial charge in [0.05, 0.1) is 0 Å². The van der Waals surface area contributed by atoms with E-state index in [2.05, 4.69) is 10.6 Å². The van der Waals surface area contributed by atoms with Crippen molar-refractivity contribution in [3.05, 3.63) is 47.0 Å². The summed E-state index contributed by atoms with van der Waals surface area (Å²) in [6, 6.07) is 12.4. The molecular formula is C17H17ClN2O. The van der Waals surface area contributed by atoms with Crippen LogP contribution in [0.5, 0.6) is 0 Å². The lowest BCUT2D eigenvalue weighted by Crippen LogP contribution is -2.44. The van der Waals surface area contributed by atoms with Crippen LogP contribution in [0.3, 0.4) is 0 Å². The van der Waals surface area contributed by atoms with Gasteiger partial charge in [0.25, 0.3) is 5.91 Å². The molecule has 2 bridgehead atoms. The van der Waals surface area contributed by atoms with E-state index in [9.17, 15) is 4.79 Å². The number of carbonyl (C=O) groups is 1. The van der Waals surface area contributed by atoms with Crippen molar-refractivity contribution in [1.82, 2.24) is 10.6 Å². The fourth-order valence-electron chi connectivity index (χ4n) is 3.62. The number of carbonyl (C=O) groups excluding carboxylic acids is 1. The molecule has 3 unspecified atom stereocenters. The number of fused-ring (bicyclic) bond motifs is 3. The molecule has 0 aromatic heterocycles. The van der Waals surface area contributed by atoms with E-state index in [1.807, 2.05) is 36.4 Å². The van der Waals surface area contributed by atoms with Crippen molar-refractivity contribution in [2.75, 3.05) is 6.54 Å². The molecule has 108 valence electrons. The molecule has 1 saturated heterocycles. The number of halogens is 1. The quantitative estimate of drug-likeness (QED) is 0.895. The van der Waals surface area contributed by atoms with Crippen LogP contribution in [-0.4, -0.2) is 24.5 Å². The van der Waals surface area contributed by atoms with E-state index in [0.29, 0.717) is 28.6 Å². The van der Waals surface area contributed by atoms with Gasteiger partial charge in [0.15, 0.2) is 0 Å². The third kappa shape index (κ3) is 2.41. The first-order valence-electron chi connectivity index (χ1n) is 7.42. The standard InChI is InChI=1S/C17H17ClN2O/c18-14-4-3-10-1-2-11(5-12(10)6-14)17(21)20-16-8-15-7-13(16)9-19-15/h1-6,13,15-16,19H,7-9H2,(H,20,21). The largest absolute Gasteiger partial charge is 0.349 e. The molecule has 2 N–H and O–H groups in total. The van der Waals surface area contributed by atoms with Crippen molar-refractivity contribution in [2.24, 2.45) is 5.92 Å². The predicted octanol–water partition coefficient (Wildman–Crippen LogP) is 2.97. The predicted molar refractivity (Wildman–Crippen MR) is 84.7 cm³/mol. The summed E-state index contributed by atoms with van der Waals surface area (Å²) < 4.78 is 0. The minimum absolute atomic E-state index is 0.0226. The number of rotatable bonds is 2. The maximum atomic E-state index is 12.4. The van der Waals surface area contributed by atoms with Crippen molar-refractivity contribution in [2.45, 2.75) is 24.9 Å². The van der Waals surface area contributed by atoms with Crippen LogP contribution >= 0.6 is 11.6 Å². The Labute approximate surface area is 128 Å². The van der Waals surface area contributed by atoms with Gasteiger partial charge < -0.3 is 10.6 Å². The molecule has 1 heterocycles. The third-order valence-corrected chi connectivity index (χ3v) is 4.98. The van der Waals surface area contributed by atoms with Crippen molar-refractivity contribution in [3.63, 3.8) is 0 Å². The number of benzene rings is 2. The summed E-state index contributed by atoms with van der Waals surface area (Å²) in [6.07, 6.45) is 2.24. The second kappa shape index (κ2) is 5.00. The summed E-state index contributed by atoms with van der Waals surface area (Å²) in [6.45, 7) is 1.03. The van der Waals surface area contributed by atoms with E-state index in [1.54, 1.807) is 0 Å². The summed E-state index contributed by atoms with van der Waals surface area (Å²) in [4.78, 5) is 12.4. The first kappa shape index (κ1) is 13.1. The second-order valence-corrected chi connectivity index (χ2v) is 6.56. The van der Waals surface area contributed by atoms with Crippen LogP contribution in [0.25, 0.3) is 10.8 Å². The van der Waals surface area contributed by atoms with Crippen LogP contribution in [0.15, 0.2) is 36.4 Å². The molecule has 2 aliphatic rings. The van der Waals surface area contributed by atoms with E-state index in [1.165, 1.54) is 6.42 Å². The lowest BCUT2D eigenvalue weighted by Gasteiger charge is -2.23. The molecule has 4 rings (SSSR count). The minimum Gasteiger partial charge on any atom is -0.349 e. The highest BCUT2D eigenvalue weighted by molar-refractivity contribution is 6.31. The Balaban J connectivity index is 1.56. The van der Waals surface area contributed by atoms with Crippen LogP contribution in [0.1, 0.15) is 23.2 Å². The van der Waals surface area contributed by atoms with Crippen molar-refractivity contribution < 1.29 is 4.79 Å². The molecule has 0 spiro atoms. The second-order valence-electron chi connectivity index (χ2n) is 6.12. The maximum Gasteiger partial charge on any atom is 0.251 e. The van der Waals surface area contributed by atoms with Gasteiger partial charge in [-0.3, -0.25) is 4.79 Å². The molecule has 3 atom stereocenters. The van der Waals surface area contributed by atoms with Gasteiger partial charge in [-0.2, -0.15) is 0 Å². The van der Waals surface area contributed by atoms with Gasteiger partial charge in [0.2, 0.25) is 0 Å². The molecule has 1 saturated carbocycles. The molecule has 1 aliphatic carbocycles. The van der Waals surface area contributed by atoms with Crippen molar-refractivity contribution in [1.29, 1.82) is 0 Å². The highest BCUT2D eigenvalue weighted by Crippen LogP contribution is 2.31. The number of hydrogen-bond donors (Lipinski definition) is 2.